The van der Waals surface area contributed by atoms with Gasteiger partial charge in [0, 0.05) is 34.9 Å². The summed E-state index contributed by atoms with van der Waals surface area (Å²) in [5.41, 5.74) is 0.498. The molecule has 4 rings (SSSR count). The van der Waals surface area contributed by atoms with Crippen LogP contribution < -0.4 is 0 Å². The molecule has 3 aliphatic rings. The summed E-state index contributed by atoms with van der Waals surface area (Å²) in [5.74, 6) is 0.784. The van der Waals surface area contributed by atoms with Gasteiger partial charge in [-0.1, -0.05) is 43.5 Å². The van der Waals surface area contributed by atoms with E-state index < -0.39 is 5.72 Å². The van der Waals surface area contributed by atoms with E-state index in [1.54, 1.807) is 0 Å². The van der Waals surface area contributed by atoms with E-state index in [-0.39, 0.29) is 11.8 Å². The first kappa shape index (κ1) is 14.5. The zero-order valence-electron chi connectivity index (χ0n) is 12.9. The third kappa shape index (κ3) is 2.02. The highest BCUT2D eigenvalue weighted by atomic mass is 35.5. The van der Waals surface area contributed by atoms with Crippen molar-refractivity contribution in [3.8, 4) is 0 Å². The highest BCUT2D eigenvalue weighted by molar-refractivity contribution is 6.30. The van der Waals surface area contributed by atoms with Gasteiger partial charge in [-0.2, -0.15) is 0 Å². The Morgan fingerprint density at radius 3 is 2.73 bits per heavy atom. The van der Waals surface area contributed by atoms with Gasteiger partial charge in [0.15, 0.2) is 5.72 Å². The van der Waals surface area contributed by atoms with E-state index in [1.807, 2.05) is 31.2 Å². The fourth-order valence-electron chi connectivity index (χ4n) is 4.59. The molecule has 1 aromatic carbocycles. The molecule has 0 unspecified atom stereocenters. The molecule has 0 bridgehead atoms. The van der Waals surface area contributed by atoms with E-state index >= 15 is 0 Å². The molecule has 1 aromatic rings. The van der Waals surface area contributed by atoms with Gasteiger partial charge in [0.05, 0.1) is 6.61 Å². The molecule has 0 aromatic heterocycles. The summed E-state index contributed by atoms with van der Waals surface area (Å²) in [7, 11) is 0. The number of halogens is 1. The summed E-state index contributed by atoms with van der Waals surface area (Å²) in [4.78, 5) is 15.0. The van der Waals surface area contributed by atoms with Crippen molar-refractivity contribution in [2.45, 2.75) is 50.8 Å². The number of carbonyl (C=O) groups is 1. The Labute approximate surface area is 136 Å². The number of amides is 1. The molecule has 1 saturated carbocycles. The SMILES string of the molecule is C[C@@H]1C[C@@]2(c3ccc(Cl)cc3)OC[C@@H]3CCCC[C@H]3N2C1=O. The van der Waals surface area contributed by atoms with E-state index in [0.717, 1.165) is 30.0 Å². The van der Waals surface area contributed by atoms with Gasteiger partial charge in [-0.25, -0.2) is 0 Å². The Balaban J connectivity index is 1.78. The number of ether oxygens (including phenoxy) is 1. The van der Waals surface area contributed by atoms with Crippen molar-refractivity contribution in [2.75, 3.05) is 6.61 Å². The zero-order valence-corrected chi connectivity index (χ0v) is 13.7. The Morgan fingerprint density at radius 1 is 1.23 bits per heavy atom. The third-order valence-electron chi connectivity index (χ3n) is 5.66. The van der Waals surface area contributed by atoms with Crippen molar-refractivity contribution >= 4 is 17.5 Å². The number of carbonyl (C=O) groups excluding carboxylic acids is 1. The quantitative estimate of drug-likeness (QED) is 0.784. The van der Waals surface area contributed by atoms with Crippen molar-refractivity contribution in [3.05, 3.63) is 34.9 Å². The van der Waals surface area contributed by atoms with Gasteiger partial charge in [-0.05, 0) is 25.0 Å². The molecule has 118 valence electrons. The molecule has 2 aliphatic heterocycles. The minimum Gasteiger partial charge on any atom is -0.351 e. The molecule has 4 atom stereocenters. The van der Waals surface area contributed by atoms with Gasteiger partial charge >= 0.3 is 0 Å². The van der Waals surface area contributed by atoms with E-state index in [9.17, 15) is 4.79 Å². The second kappa shape index (κ2) is 5.24. The highest BCUT2D eigenvalue weighted by Gasteiger charge is 2.58. The fraction of sp³-hybridized carbons (Fsp3) is 0.611. The molecule has 1 aliphatic carbocycles. The van der Waals surface area contributed by atoms with E-state index in [1.165, 1.54) is 19.3 Å². The predicted octanol–water partition coefficient (Wildman–Crippen LogP) is 3.95. The van der Waals surface area contributed by atoms with E-state index in [0.29, 0.717) is 12.0 Å². The molecule has 0 N–H and O–H groups in total. The Kier molecular flexibility index (Phi) is 3.46. The Bertz CT molecular complexity index is 587. The normalized spacial score (nSPS) is 37.8. The average Bonchev–Trinajstić information content (AvgIpc) is 2.80. The van der Waals surface area contributed by atoms with Crippen LogP contribution in [0.2, 0.25) is 5.02 Å². The second-order valence-electron chi connectivity index (χ2n) is 7.03. The van der Waals surface area contributed by atoms with Crippen LogP contribution in [0.3, 0.4) is 0 Å². The van der Waals surface area contributed by atoms with Crippen molar-refractivity contribution in [2.24, 2.45) is 11.8 Å². The Morgan fingerprint density at radius 2 is 1.95 bits per heavy atom. The molecular formula is C18H22ClNO2. The monoisotopic (exact) mass is 319 g/mol. The summed E-state index contributed by atoms with van der Waals surface area (Å²) in [6.07, 6.45) is 5.52. The number of rotatable bonds is 1. The lowest BCUT2D eigenvalue weighted by Gasteiger charge is -2.52. The minimum absolute atomic E-state index is 0.0244. The predicted molar refractivity (Wildman–Crippen MR) is 85.5 cm³/mol. The van der Waals surface area contributed by atoms with Crippen LogP contribution >= 0.6 is 11.6 Å². The molecule has 3 nitrogen and oxygen atoms in total. The van der Waals surface area contributed by atoms with Crippen LogP contribution in [0.1, 0.15) is 44.6 Å². The van der Waals surface area contributed by atoms with Crippen LogP contribution in [-0.4, -0.2) is 23.5 Å². The van der Waals surface area contributed by atoms with Crippen LogP contribution in [-0.2, 0) is 15.3 Å². The first-order valence-corrected chi connectivity index (χ1v) is 8.73. The van der Waals surface area contributed by atoms with Crippen LogP contribution in [0.4, 0.5) is 0 Å². The molecule has 0 radical (unpaired) electrons. The topological polar surface area (TPSA) is 29.5 Å². The molecule has 4 heteroatoms. The first-order chi connectivity index (χ1) is 10.6. The summed E-state index contributed by atoms with van der Waals surface area (Å²) in [6, 6.07) is 8.17. The lowest BCUT2D eigenvalue weighted by Crippen LogP contribution is -2.59. The molecule has 2 heterocycles. The van der Waals surface area contributed by atoms with Gasteiger partial charge in [-0.15, -0.1) is 0 Å². The maximum Gasteiger partial charge on any atom is 0.228 e. The summed E-state index contributed by atoms with van der Waals surface area (Å²) >= 11 is 6.04. The van der Waals surface area contributed by atoms with Crippen LogP contribution in [0.25, 0.3) is 0 Å². The molecule has 0 spiro atoms. The van der Waals surface area contributed by atoms with Gasteiger partial charge < -0.3 is 9.64 Å². The number of nitrogens with zero attached hydrogens (tertiary/aromatic N) is 1. The maximum atomic E-state index is 12.9. The standard InChI is InChI=1S/C18H22ClNO2/c1-12-10-18(14-6-8-15(19)9-7-14)20(17(12)21)16-5-3-2-4-13(16)11-22-18/h6-9,12-13,16H,2-5,10-11H2,1H3/t12-,13+,16-,18+/m1/s1. The minimum atomic E-state index is -0.570. The summed E-state index contributed by atoms with van der Waals surface area (Å²) < 4.78 is 6.39. The summed E-state index contributed by atoms with van der Waals surface area (Å²) in [5, 5.41) is 0.718. The second-order valence-corrected chi connectivity index (χ2v) is 7.46. The molecule has 2 saturated heterocycles. The van der Waals surface area contributed by atoms with Crippen molar-refractivity contribution in [1.29, 1.82) is 0 Å². The van der Waals surface area contributed by atoms with Gasteiger partial charge in [0.2, 0.25) is 5.91 Å². The molecule has 22 heavy (non-hydrogen) atoms. The molecule has 3 fully saturated rings. The van der Waals surface area contributed by atoms with Crippen molar-refractivity contribution < 1.29 is 9.53 Å². The van der Waals surface area contributed by atoms with Crippen molar-refractivity contribution in [1.82, 2.24) is 4.90 Å². The number of hydrogen-bond acceptors (Lipinski definition) is 2. The lowest BCUT2D eigenvalue weighted by molar-refractivity contribution is -0.222. The van der Waals surface area contributed by atoms with Crippen molar-refractivity contribution in [3.63, 3.8) is 0 Å². The van der Waals surface area contributed by atoms with Gasteiger partial charge in [0.25, 0.3) is 0 Å². The summed E-state index contributed by atoms with van der Waals surface area (Å²) in [6.45, 7) is 2.79. The van der Waals surface area contributed by atoms with Crippen LogP contribution in [0.15, 0.2) is 24.3 Å². The smallest absolute Gasteiger partial charge is 0.228 e. The number of hydrogen-bond donors (Lipinski definition) is 0. The van der Waals surface area contributed by atoms with E-state index in [4.69, 9.17) is 16.3 Å². The third-order valence-corrected chi connectivity index (χ3v) is 5.92. The molecule has 1 amide bonds. The average molecular weight is 320 g/mol. The van der Waals surface area contributed by atoms with Gasteiger partial charge in [0.1, 0.15) is 0 Å². The maximum absolute atomic E-state index is 12.9. The van der Waals surface area contributed by atoms with E-state index in [2.05, 4.69) is 4.90 Å². The lowest BCUT2D eigenvalue weighted by atomic mass is 9.81. The molecular weight excluding hydrogens is 298 g/mol. The number of fused-ring (bicyclic) bond motifs is 3. The largest absolute Gasteiger partial charge is 0.351 e. The fourth-order valence-corrected chi connectivity index (χ4v) is 4.72. The van der Waals surface area contributed by atoms with Crippen LogP contribution in [0.5, 0.6) is 0 Å². The highest BCUT2D eigenvalue weighted by Crippen LogP contribution is 2.51. The zero-order chi connectivity index (χ0) is 15.3. The Hall–Kier alpha value is -1.06. The van der Waals surface area contributed by atoms with Crippen LogP contribution in [0, 0.1) is 11.8 Å². The van der Waals surface area contributed by atoms with Gasteiger partial charge in [-0.3, -0.25) is 4.79 Å². The first-order valence-electron chi connectivity index (χ1n) is 8.35. The number of benzene rings is 1.